The first kappa shape index (κ1) is 20.2. The maximum atomic E-state index is 12.7. The number of aromatic hydroxyl groups is 1. The van der Waals surface area contributed by atoms with E-state index in [-0.39, 0.29) is 35.8 Å². The number of aryl methyl sites for hydroxylation is 2. The van der Waals surface area contributed by atoms with E-state index in [4.69, 9.17) is 4.74 Å². The zero-order valence-corrected chi connectivity index (χ0v) is 16.3. The highest BCUT2D eigenvalue weighted by Crippen LogP contribution is 2.24. The standard InChI is InChI=1S/C21H24N2O4/c1-12(2)10-23-20(25)17(9-22)15(5)19(21(23)26)18(24)11-27-16-7-6-13(3)14(4)8-16/h6-8,12,26H,10-11H2,1-5H3. The maximum Gasteiger partial charge on any atom is 0.271 e. The second-order valence-corrected chi connectivity index (χ2v) is 7.08. The molecular formula is C21H24N2O4. The number of hydrogen-bond donors (Lipinski definition) is 1. The molecule has 0 fully saturated rings. The van der Waals surface area contributed by atoms with Crippen molar-refractivity contribution in [1.82, 2.24) is 4.57 Å². The molecule has 6 heteroatoms. The third kappa shape index (κ3) is 4.20. The molecule has 0 aliphatic carbocycles. The average molecular weight is 368 g/mol. The fraction of sp³-hybridized carbons (Fsp3) is 0.381. The van der Waals surface area contributed by atoms with Crippen LogP contribution in [-0.2, 0) is 6.54 Å². The van der Waals surface area contributed by atoms with E-state index in [2.05, 4.69) is 0 Å². The molecule has 2 rings (SSSR count). The lowest BCUT2D eigenvalue weighted by molar-refractivity contribution is 0.0916. The van der Waals surface area contributed by atoms with E-state index in [1.807, 2.05) is 45.9 Å². The summed E-state index contributed by atoms with van der Waals surface area (Å²) in [6.07, 6.45) is 0. The number of hydrogen-bond acceptors (Lipinski definition) is 5. The first-order valence-electron chi connectivity index (χ1n) is 8.77. The van der Waals surface area contributed by atoms with Crippen molar-refractivity contribution in [3.8, 4) is 17.7 Å². The van der Waals surface area contributed by atoms with Gasteiger partial charge in [0.2, 0.25) is 11.7 Å². The van der Waals surface area contributed by atoms with Gasteiger partial charge >= 0.3 is 0 Å². The van der Waals surface area contributed by atoms with Gasteiger partial charge in [0, 0.05) is 6.54 Å². The van der Waals surface area contributed by atoms with Gasteiger partial charge in [0.15, 0.2) is 6.61 Å². The van der Waals surface area contributed by atoms with Gasteiger partial charge < -0.3 is 9.84 Å². The molecule has 0 amide bonds. The fourth-order valence-electron chi connectivity index (χ4n) is 2.84. The molecule has 0 saturated heterocycles. The smallest absolute Gasteiger partial charge is 0.271 e. The van der Waals surface area contributed by atoms with Crippen molar-refractivity contribution in [3.05, 3.63) is 56.4 Å². The molecule has 0 spiro atoms. The molecule has 1 heterocycles. The predicted molar refractivity (Wildman–Crippen MR) is 102 cm³/mol. The van der Waals surface area contributed by atoms with E-state index in [0.717, 1.165) is 15.7 Å². The number of nitrogens with zero attached hydrogens (tertiary/aromatic N) is 2. The van der Waals surface area contributed by atoms with Gasteiger partial charge in [-0.3, -0.25) is 14.2 Å². The van der Waals surface area contributed by atoms with Crippen LogP contribution in [-0.4, -0.2) is 22.1 Å². The number of pyridine rings is 1. The van der Waals surface area contributed by atoms with Crippen molar-refractivity contribution in [2.24, 2.45) is 5.92 Å². The Morgan fingerprint density at radius 1 is 1.26 bits per heavy atom. The van der Waals surface area contributed by atoms with E-state index in [1.54, 1.807) is 6.07 Å². The molecule has 0 radical (unpaired) electrons. The van der Waals surface area contributed by atoms with Crippen LogP contribution in [0.3, 0.4) is 0 Å². The lowest BCUT2D eigenvalue weighted by atomic mass is 10.0. The highest BCUT2D eigenvalue weighted by molar-refractivity contribution is 6.01. The van der Waals surface area contributed by atoms with Crippen molar-refractivity contribution in [2.45, 2.75) is 41.2 Å². The number of nitriles is 1. The molecular weight excluding hydrogens is 344 g/mol. The van der Waals surface area contributed by atoms with E-state index in [0.29, 0.717) is 5.75 Å². The Labute approximate surface area is 158 Å². The van der Waals surface area contributed by atoms with Gasteiger partial charge in [-0.25, -0.2) is 0 Å². The van der Waals surface area contributed by atoms with Crippen LogP contribution in [0.1, 0.15) is 46.5 Å². The third-order valence-corrected chi connectivity index (χ3v) is 4.47. The summed E-state index contributed by atoms with van der Waals surface area (Å²) in [5, 5.41) is 19.9. The molecule has 0 aliphatic heterocycles. The summed E-state index contributed by atoms with van der Waals surface area (Å²) in [7, 11) is 0. The van der Waals surface area contributed by atoms with Gasteiger partial charge in [0.05, 0.1) is 5.56 Å². The number of Topliss-reactive ketones (excluding diaryl/α,β-unsaturated/α-hetero) is 1. The van der Waals surface area contributed by atoms with Crippen LogP contribution >= 0.6 is 0 Å². The zero-order chi connectivity index (χ0) is 20.3. The molecule has 6 nitrogen and oxygen atoms in total. The number of carbonyl (C=O) groups excluding carboxylic acids is 1. The third-order valence-electron chi connectivity index (χ3n) is 4.47. The van der Waals surface area contributed by atoms with Gasteiger partial charge in [-0.05, 0) is 55.5 Å². The highest BCUT2D eigenvalue weighted by atomic mass is 16.5. The Bertz CT molecular complexity index is 981. The summed E-state index contributed by atoms with van der Waals surface area (Å²) in [4.78, 5) is 25.2. The summed E-state index contributed by atoms with van der Waals surface area (Å²) in [5.74, 6) is -0.312. The minimum Gasteiger partial charge on any atom is -0.494 e. The molecule has 0 saturated carbocycles. The maximum absolute atomic E-state index is 12.7. The molecule has 1 N–H and O–H groups in total. The lowest BCUT2D eigenvalue weighted by Crippen LogP contribution is -2.29. The van der Waals surface area contributed by atoms with Crippen molar-refractivity contribution < 1.29 is 14.6 Å². The summed E-state index contributed by atoms with van der Waals surface area (Å²) < 4.78 is 6.64. The largest absolute Gasteiger partial charge is 0.494 e. The molecule has 0 aliphatic rings. The van der Waals surface area contributed by atoms with Gasteiger partial charge in [-0.2, -0.15) is 5.26 Å². The number of ketones is 1. The molecule has 1 aromatic heterocycles. The van der Waals surface area contributed by atoms with Crippen molar-refractivity contribution in [1.29, 1.82) is 5.26 Å². The normalized spacial score (nSPS) is 10.7. The van der Waals surface area contributed by atoms with Crippen LogP contribution in [0.2, 0.25) is 0 Å². The first-order valence-corrected chi connectivity index (χ1v) is 8.77. The van der Waals surface area contributed by atoms with Crippen LogP contribution in [0.5, 0.6) is 11.6 Å². The molecule has 1 aromatic carbocycles. The predicted octanol–water partition coefficient (Wildman–Crippen LogP) is 3.27. The lowest BCUT2D eigenvalue weighted by Gasteiger charge is -2.17. The Morgan fingerprint density at radius 3 is 2.48 bits per heavy atom. The van der Waals surface area contributed by atoms with Crippen LogP contribution in [0.25, 0.3) is 0 Å². The Morgan fingerprint density at radius 2 is 1.93 bits per heavy atom. The van der Waals surface area contributed by atoms with Crippen LogP contribution < -0.4 is 10.3 Å². The Balaban J connectivity index is 2.41. The second-order valence-electron chi connectivity index (χ2n) is 7.08. The van der Waals surface area contributed by atoms with Crippen LogP contribution in [0.15, 0.2) is 23.0 Å². The summed E-state index contributed by atoms with van der Waals surface area (Å²) in [6, 6.07) is 7.34. The Kier molecular flexibility index (Phi) is 6.06. The number of rotatable bonds is 6. The average Bonchev–Trinajstić information content (AvgIpc) is 2.60. The van der Waals surface area contributed by atoms with Gasteiger partial charge in [-0.15, -0.1) is 0 Å². The van der Waals surface area contributed by atoms with Crippen molar-refractivity contribution in [2.75, 3.05) is 6.61 Å². The summed E-state index contributed by atoms with van der Waals surface area (Å²) >= 11 is 0. The molecule has 0 atom stereocenters. The van der Waals surface area contributed by atoms with E-state index in [9.17, 15) is 20.0 Å². The molecule has 0 bridgehead atoms. The fourth-order valence-corrected chi connectivity index (χ4v) is 2.84. The van der Waals surface area contributed by atoms with Crippen LogP contribution in [0, 0.1) is 38.0 Å². The van der Waals surface area contributed by atoms with Crippen LogP contribution in [0.4, 0.5) is 0 Å². The van der Waals surface area contributed by atoms with Gasteiger partial charge in [-0.1, -0.05) is 19.9 Å². The quantitative estimate of drug-likeness (QED) is 0.790. The molecule has 142 valence electrons. The van der Waals surface area contributed by atoms with Crippen molar-refractivity contribution in [3.63, 3.8) is 0 Å². The number of ether oxygens (including phenoxy) is 1. The highest BCUT2D eigenvalue weighted by Gasteiger charge is 2.24. The Hall–Kier alpha value is -3.07. The minimum atomic E-state index is -0.590. The monoisotopic (exact) mass is 368 g/mol. The zero-order valence-electron chi connectivity index (χ0n) is 16.3. The number of aromatic nitrogens is 1. The second kappa shape index (κ2) is 8.09. The summed E-state index contributed by atoms with van der Waals surface area (Å²) in [5.41, 5.74) is 1.55. The molecule has 0 unspecified atom stereocenters. The van der Waals surface area contributed by atoms with E-state index >= 15 is 0 Å². The minimum absolute atomic E-state index is 0.0457. The van der Waals surface area contributed by atoms with E-state index < -0.39 is 17.2 Å². The van der Waals surface area contributed by atoms with E-state index in [1.165, 1.54) is 6.92 Å². The summed E-state index contributed by atoms with van der Waals surface area (Å²) in [6.45, 7) is 9.07. The number of carbonyl (C=O) groups is 1. The van der Waals surface area contributed by atoms with Gasteiger partial charge in [0.25, 0.3) is 5.56 Å². The topological polar surface area (TPSA) is 92.3 Å². The van der Waals surface area contributed by atoms with Gasteiger partial charge in [0.1, 0.15) is 17.4 Å². The SMILES string of the molecule is Cc1ccc(OCC(=O)c2c(C)c(C#N)c(=O)n(CC(C)C)c2O)cc1C. The van der Waals surface area contributed by atoms with Crippen molar-refractivity contribution >= 4 is 5.78 Å². The molecule has 2 aromatic rings. The first-order chi connectivity index (χ1) is 12.7. The number of benzene rings is 1. The molecule has 27 heavy (non-hydrogen) atoms.